The molecule has 148 valence electrons. The molecule has 1 fully saturated rings. The van der Waals surface area contributed by atoms with Gasteiger partial charge in [-0.05, 0) is 29.5 Å². The van der Waals surface area contributed by atoms with Crippen molar-refractivity contribution in [2.45, 2.75) is 6.61 Å². The van der Waals surface area contributed by atoms with Crippen LogP contribution in [0.25, 0.3) is 0 Å². The quantitative estimate of drug-likeness (QED) is 0.340. The highest BCUT2D eigenvalue weighted by atomic mass is 32.2. The lowest BCUT2D eigenvalue weighted by atomic mass is 10.1. The van der Waals surface area contributed by atoms with Gasteiger partial charge in [0.05, 0.1) is 18.2 Å². The van der Waals surface area contributed by atoms with Crippen LogP contribution in [0.2, 0.25) is 0 Å². The predicted octanol–water partition coefficient (Wildman–Crippen LogP) is 3.01. The Balaban J connectivity index is 1.68. The smallest absolute Gasteiger partial charge is 0.331 e. The number of halogens is 1. The molecule has 1 N–H and O–H groups in total. The molecule has 2 aromatic carbocycles. The second kappa shape index (κ2) is 9.65. The van der Waals surface area contributed by atoms with Gasteiger partial charge in [-0.15, -0.1) is 5.10 Å². The lowest BCUT2D eigenvalue weighted by Crippen LogP contribution is -2.19. The van der Waals surface area contributed by atoms with Crippen LogP contribution < -0.4 is 10.1 Å². The van der Waals surface area contributed by atoms with Crippen molar-refractivity contribution < 1.29 is 23.5 Å². The summed E-state index contributed by atoms with van der Waals surface area (Å²) in [5.41, 5.74) is 1.52. The molecule has 0 aliphatic carbocycles. The number of nitrogens with zero attached hydrogens (tertiary/aromatic N) is 2. The topological polar surface area (TPSA) is 89.3 Å². The van der Waals surface area contributed by atoms with E-state index in [4.69, 9.17) is 4.74 Å². The van der Waals surface area contributed by atoms with E-state index in [2.05, 4.69) is 20.3 Å². The minimum absolute atomic E-state index is 0.150. The van der Waals surface area contributed by atoms with E-state index in [0.717, 1.165) is 29.0 Å². The Kier molecular flexibility index (Phi) is 6.75. The average Bonchev–Trinajstić information content (AvgIpc) is 3.07. The van der Waals surface area contributed by atoms with Crippen molar-refractivity contribution in [3.8, 4) is 5.75 Å². The van der Waals surface area contributed by atoms with Gasteiger partial charge in [-0.3, -0.25) is 10.1 Å². The first-order valence-electron chi connectivity index (χ1n) is 8.42. The van der Waals surface area contributed by atoms with Crippen LogP contribution in [0.4, 0.5) is 4.39 Å². The second-order valence-corrected chi connectivity index (χ2v) is 6.69. The van der Waals surface area contributed by atoms with Crippen LogP contribution in [0.15, 0.2) is 69.7 Å². The highest BCUT2D eigenvalue weighted by Gasteiger charge is 2.25. The first-order valence-corrected chi connectivity index (χ1v) is 9.23. The Morgan fingerprint density at radius 1 is 1.21 bits per heavy atom. The summed E-state index contributed by atoms with van der Waals surface area (Å²) in [6.45, 7) is 0.150. The number of amides is 1. The van der Waals surface area contributed by atoms with E-state index < -0.39 is 17.7 Å². The molecule has 1 amide bonds. The lowest BCUT2D eigenvalue weighted by molar-refractivity contribution is -0.135. The predicted molar refractivity (Wildman–Crippen MR) is 108 cm³/mol. The zero-order chi connectivity index (χ0) is 20.6. The van der Waals surface area contributed by atoms with E-state index in [0.29, 0.717) is 0 Å². The van der Waals surface area contributed by atoms with Crippen LogP contribution in [-0.4, -0.2) is 30.4 Å². The largest absolute Gasteiger partial charge is 0.486 e. The Morgan fingerprint density at radius 2 is 1.97 bits per heavy atom. The van der Waals surface area contributed by atoms with Gasteiger partial charge in [-0.25, -0.2) is 9.18 Å². The van der Waals surface area contributed by atoms with Crippen molar-refractivity contribution in [1.29, 1.82) is 0 Å². The molecule has 3 rings (SSSR count). The monoisotopic (exact) mass is 413 g/mol. The molecule has 9 heteroatoms. The molecule has 0 bridgehead atoms. The molecule has 1 saturated heterocycles. The zero-order valence-corrected chi connectivity index (χ0v) is 16.1. The summed E-state index contributed by atoms with van der Waals surface area (Å²) in [5.74, 6) is -1.35. The molecule has 2 aromatic rings. The minimum atomic E-state index is -0.629. The van der Waals surface area contributed by atoms with Crippen LogP contribution >= 0.6 is 11.8 Å². The maximum absolute atomic E-state index is 13.7. The summed E-state index contributed by atoms with van der Waals surface area (Å²) < 4.78 is 23.7. The van der Waals surface area contributed by atoms with Crippen molar-refractivity contribution in [2.75, 3.05) is 7.11 Å². The molecule has 1 heterocycles. The number of hydrogen-bond donors (Lipinski definition) is 1. The highest BCUT2D eigenvalue weighted by Crippen LogP contribution is 2.23. The fourth-order valence-electron chi connectivity index (χ4n) is 2.29. The lowest BCUT2D eigenvalue weighted by Gasteiger charge is -2.09. The summed E-state index contributed by atoms with van der Waals surface area (Å²) >= 11 is 0.980. The number of ether oxygens (including phenoxy) is 2. The van der Waals surface area contributed by atoms with E-state index in [1.54, 1.807) is 18.2 Å². The van der Waals surface area contributed by atoms with E-state index in [1.165, 1.54) is 19.4 Å². The fraction of sp³-hybridized carbons (Fsp3) is 0.100. The van der Waals surface area contributed by atoms with Crippen LogP contribution in [-0.2, 0) is 20.9 Å². The molecule has 0 atom stereocenters. The fourth-order valence-corrected chi connectivity index (χ4v) is 3.03. The summed E-state index contributed by atoms with van der Waals surface area (Å²) in [4.78, 5) is 23.2. The van der Waals surface area contributed by atoms with Gasteiger partial charge in [0.2, 0.25) is 0 Å². The van der Waals surface area contributed by atoms with Crippen LogP contribution in [0.5, 0.6) is 5.75 Å². The number of carbonyl (C=O) groups excluding carboxylic acids is 2. The summed E-state index contributed by atoms with van der Waals surface area (Å²) in [6.07, 6.45) is 2.59. The first kappa shape index (κ1) is 20.3. The molecule has 0 unspecified atom stereocenters. The van der Waals surface area contributed by atoms with Gasteiger partial charge in [0.25, 0.3) is 5.91 Å². The molecule has 7 nitrogen and oxygen atoms in total. The number of nitrogens with one attached hydrogen (secondary N) is 1. The SMILES string of the molecule is COC(=O)/C=C1/S/C(=N\N=Cc2ccccc2COc2ccccc2F)NC1=O. The molecular weight excluding hydrogens is 397 g/mol. The molecule has 1 aliphatic heterocycles. The maximum atomic E-state index is 13.7. The van der Waals surface area contributed by atoms with Gasteiger partial charge in [-0.2, -0.15) is 5.10 Å². The standard InChI is InChI=1S/C20H16FN3O4S/c1-27-18(25)10-17-19(26)23-20(29-17)24-22-11-13-6-2-3-7-14(13)12-28-16-9-5-4-8-15(16)21/h2-11H,12H2,1H3,(H,23,24,26)/b17-10+,22-11?. The van der Waals surface area contributed by atoms with Crippen molar-refractivity contribution in [1.82, 2.24) is 5.32 Å². The maximum Gasteiger partial charge on any atom is 0.331 e. The second-order valence-electron chi connectivity index (χ2n) is 5.66. The molecule has 0 aromatic heterocycles. The Bertz CT molecular complexity index is 1020. The summed E-state index contributed by atoms with van der Waals surface area (Å²) in [6, 6.07) is 13.5. The third-order valence-corrected chi connectivity index (χ3v) is 4.62. The normalized spacial score (nSPS) is 16.4. The van der Waals surface area contributed by atoms with E-state index >= 15 is 0 Å². The molecule has 1 aliphatic rings. The molecule has 0 spiro atoms. The van der Waals surface area contributed by atoms with E-state index in [-0.39, 0.29) is 22.4 Å². The number of amidine groups is 1. The van der Waals surface area contributed by atoms with E-state index in [9.17, 15) is 14.0 Å². The number of benzene rings is 2. The Labute approximate surface area is 170 Å². The van der Waals surface area contributed by atoms with Gasteiger partial charge < -0.3 is 9.47 Å². The van der Waals surface area contributed by atoms with Crippen LogP contribution in [0.3, 0.4) is 0 Å². The van der Waals surface area contributed by atoms with Crippen molar-refractivity contribution in [2.24, 2.45) is 10.2 Å². The first-order chi connectivity index (χ1) is 14.1. The van der Waals surface area contributed by atoms with Gasteiger partial charge in [0.1, 0.15) is 6.61 Å². The summed E-state index contributed by atoms with van der Waals surface area (Å²) in [7, 11) is 1.23. The van der Waals surface area contributed by atoms with Gasteiger partial charge in [-0.1, -0.05) is 36.4 Å². The number of rotatable bonds is 6. The van der Waals surface area contributed by atoms with Gasteiger partial charge in [0, 0.05) is 11.6 Å². The summed E-state index contributed by atoms with van der Waals surface area (Å²) in [5, 5.41) is 10.7. The Hall–Kier alpha value is -3.46. The van der Waals surface area contributed by atoms with Crippen molar-refractivity contribution >= 4 is 35.0 Å². The zero-order valence-electron chi connectivity index (χ0n) is 15.3. The average molecular weight is 413 g/mol. The number of methoxy groups -OCH3 is 1. The minimum Gasteiger partial charge on any atom is -0.486 e. The number of para-hydroxylation sites is 1. The van der Waals surface area contributed by atoms with E-state index in [1.807, 2.05) is 24.3 Å². The number of carbonyl (C=O) groups is 2. The number of thioether (sulfide) groups is 1. The number of hydrogen-bond acceptors (Lipinski definition) is 7. The highest BCUT2D eigenvalue weighted by molar-refractivity contribution is 8.18. The third kappa shape index (κ3) is 5.52. The molecule has 0 radical (unpaired) electrons. The molecular formula is C20H16FN3O4S. The Morgan fingerprint density at radius 3 is 2.76 bits per heavy atom. The molecule has 0 saturated carbocycles. The van der Waals surface area contributed by atoms with Gasteiger partial charge >= 0.3 is 5.97 Å². The van der Waals surface area contributed by atoms with Gasteiger partial charge in [0.15, 0.2) is 16.7 Å². The molecule has 29 heavy (non-hydrogen) atoms. The van der Waals surface area contributed by atoms with Crippen LogP contribution in [0, 0.1) is 5.82 Å². The van der Waals surface area contributed by atoms with Crippen molar-refractivity contribution in [3.05, 3.63) is 76.5 Å². The third-order valence-electron chi connectivity index (χ3n) is 3.72. The van der Waals surface area contributed by atoms with Crippen molar-refractivity contribution in [3.63, 3.8) is 0 Å². The number of esters is 1. The van der Waals surface area contributed by atoms with Crippen LogP contribution in [0.1, 0.15) is 11.1 Å².